The summed E-state index contributed by atoms with van der Waals surface area (Å²) in [7, 11) is 0. The monoisotopic (exact) mass is 270 g/mol. The summed E-state index contributed by atoms with van der Waals surface area (Å²) in [6.45, 7) is 0. The summed E-state index contributed by atoms with van der Waals surface area (Å²) in [5, 5.41) is 14.5. The predicted octanol–water partition coefficient (Wildman–Crippen LogP) is 5.37. The number of phenols is 1. The van der Waals surface area contributed by atoms with Crippen LogP contribution >= 0.6 is 0 Å². The van der Waals surface area contributed by atoms with Crippen molar-refractivity contribution in [1.82, 2.24) is 0 Å². The molecule has 0 fully saturated rings. The van der Waals surface area contributed by atoms with Crippen LogP contribution in [0.25, 0.3) is 32.7 Å². The third-order valence-electron chi connectivity index (χ3n) is 3.96. The van der Waals surface area contributed by atoms with E-state index >= 15 is 0 Å². The molecule has 4 aromatic rings. The highest BCUT2D eigenvalue weighted by Gasteiger charge is 2.09. The van der Waals surface area contributed by atoms with E-state index in [1.807, 2.05) is 54.6 Å². The van der Waals surface area contributed by atoms with Crippen molar-refractivity contribution in [2.75, 3.05) is 0 Å². The minimum Gasteiger partial charge on any atom is -0.507 e. The summed E-state index contributed by atoms with van der Waals surface area (Å²) in [6.07, 6.45) is 0. The molecule has 0 aromatic heterocycles. The van der Waals surface area contributed by atoms with Crippen LogP contribution in [0.1, 0.15) is 0 Å². The van der Waals surface area contributed by atoms with E-state index in [0.717, 1.165) is 32.7 Å². The van der Waals surface area contributed by atoms with Crippen LogP contribution in [-0.4, -0.2) is 5.11 Å². The molecule has 0 atom stereocenters. The fourth-order valence-electron chi connectivity index (χ4n) is 2.94. The van der Waals surface area contributed by atoms with Gasteiger partial charge in [0.15, 0.2) is 0 Å². The fraction of sp³-hybridized carbons (Fsp3) is 0. The minimum atomic E-state index is 0.362. The maximum absolute atomic E-state index is 10.6. The lowest BCUT2D eigenvalue weighted by Crippen LogP contribution is -1.83. The smallest absolute Gasteiger partial charge is 0.131 e. The molecule has 0 bridgehead atoms. The van der Waals surface area contributed by atoms with Gasteiger partial charge in [-0.15, -0.1) is 0 Å². The molecule has 1 nitrogen and oxygen atoms in total. The standard InChI is InChI=1S/C20H14O/c21-20-17-10-5-4-9-15(17)13-19-16(11-6-12-18(19)20)14-7-2-1-3-8-14/h1-13,21H. The molecule has 0 unspecified atom stereocenters. The van der Waals surface area contributed by atoms with Crippen LogP contribution in [0.4, 0.5) is 0 Å². The molecule has 0 saturated carbocycles. The molecule has 0 spiro atoms. The first kappa shape index (κ1) is 12.0. The second-order valence-electron chi connectivity index (χ2n) is 5.21. The maximum atomic E-state index is 10.6. The van der Waals surface area contributed by atoms with Crippen molar-refractivity contribution in [2.45, 2.75) is 0 Å². The van der Waals surface area contributed by atoms with Gasteiger partial charge in [0.05, 0.1) is 0 Å². The van der Waals surface area contributed by atoms with E-state index in [4.69, 9.17) is 0 Å². The zero-order valence-electron chi connectivity index (χ0n) is 11.5. The van der Waals surface area contributed by atoms with Crippen LogP contribution < -0.4 is 0 Å². The highest BCUT2D eigenvalue weighted by Crippen LogP contribution is 2.38. The van der Waals surface area contributed by atoms with Crippen molar-refractivity contribution in [1.29, 1.82) is 0 Å². The van der Waals surface area contributed by atoms with E-state index < -0.39 is 0 Å². The van der Waals surface area contributed by atoms with Crippen molar-refractivity contribution in [2.24, 2.45) is 0 Å². The van der Waals surface area contributed by atoms with E-state index in [-0.39, 0.29) is 0 Å². The van der Waals surface area contributed by atoms with Crippen molar-refractivity contribution >= 4 is 21.5 Å². The highest BCUT2D eigenvalue weighted by atomic mass is 16.3. The first-order chi connectivity index (χ1) is 10.3. The Bertz CT molecular complexity index is 940. The van der Waals surface area contributed by atoms with Crippen molar-refractivity contribution in [3.63, 3.8) is 0 Å². The minimum absolute atomic E-state index is 0.362. The van der Waals surface area contributed by atoms with Crippen molar-refractivity contribution in [3.8, 4) is 16.9 Å². The maximum Gasteiger partial charge on any atom is 0.131 e. The summed E-state index contributed by atoms with van der Waals surface area (Å²) in [5.41, 5.74) is 2.31. The van der Waals surface area contributed by atoms with E-state index in [1.165, 1.54) is 0 Å². The SMILES string of the molecule is Oc1c2ccccc2cc2c(-c3ccccc3)cccc12. The molecule has 0 amide bonds. The largest absolute Gasteiger partial charge is 0.507 e. The van der Waals surface area contributed by atoms with Crippen LogP contribution in [0.2, 0.25) is 0 Å². The molecule has 0 aliphatic carbocycles. The molecule has 1 N–H and O–H groups in total. The van der Waals surface area contributed by atoms with Crippen LogP contribution in [0.3, 0.4) is 0 Å². The molecule has 1 heteroatoms. The number of hydrogen-bond donors (Lipinski definition) is 1. The lowest BCUT2D eigenvalue weighted by molar-refractivity contribution is 0.488. The average molecular weight is 270 g/mol. The molecule has 100 valence electrons. The van der Waals surface area contributed by atoms with E-state index in [9.17, 15) is 5.11 Å². The molecule has 4 aromatic carbocycles. The molecular weight excluding hydrogens is 256 g/mol. The zero-order valence-corrected chi connectivity index (χ0v) is 11.5. The van der Waals surface area contributed by atoms with Gasteiger partial charge in [0.25, 0.3) is 0 Å². The second-order valence-corrected chi connectivity index (χ2v) is 5.21. The molecule has 4 rings (SSSR count). The fourth-order valence-corrected chi connectivity index (χ4v) is 2.94. The molecule has 0 radical (unpaired) electrons. The van der Waals surface area contributed by atoms with E-state index in [1.54, 1.807) is 0 Å². The Morgan fingerprint density at radius 3 is 2.14 bits per heavy atom. The van der Waals surface area contributed by atoms with Crippen molar-refractivity contribution in [3.05, 3.63) is 78.9 Å². The van der Waals surface area contributed by atoms with Crippen LogP contribution in [0, 0.1) is 0 Å². The second kappa shape index (κ2) is 4.64. The number of benzene rings is 4. The molecule has 21 heavy (non-hydrogen) atoms. The summed E-state index contributed by atoms with van der Waals surface area (Å²) >= 11 is 0. The Morgan fingerprint density at radius 2 is 1.29 bits per heavy atom. The van der Waals surface area contributed by atoms with E-state index in [0.29, 0.717) is 5.75 Å². The van der Waals surface area contributed by atoms with Gasteiger partial charge in [-0.1, -0.05) is 72.8 Å². The number of phenolic OH excluding ortho intramolecular Hbond substituents is 1. The van der Waals surface area contributed by atoms with Gasteiger partial charge < -0.3 is 5.11 Å². The normalized spacial score (nSPS) is 11.0. The first-order valence-electron chi connectivity index (χ1n) is 7.03. The Kier molecular flexibility index (Phi) is 2.65. The van der Waals surface area contributed by atoms with Gasteiger partial charge in [0.2, 0.25) is 0 Å². The van der Waals surface area contributed by atoms with Gasteiger partial charge in [-0.2, -0.15) is 0 Å². The summed E-state index contributed by atoms with van der Waals surface area (Å²) in [5.74, 6) is 0.362. The molecular formula is C20H14O. The lowest BCUT2D eigenvalue weighted by atomic mass is 9.95. The topological polar surface area (TPSA) is 20.2 Å². The van der Waals surface area contributed by atoms with Gasteiger partial charge in [0, 0.05) is 10.8 Å². The molecule has 0 aliphatic rings. The van der Waals surface area contributed by atoms with Crippen LogP contribution in [-0.2, 0) is 0 Å². The van der Waals surface area contributed by atoms with Gasteiger partial charge in [0.1, 0.15) is 5.75 Å². The summed E-state index contributed by atoms with van der Waals surface area (Å²) in [4.78, 5) is 0. The Labute approximate surface area is 123 Å². The Morgan fingerprint density at radius 1 is 0.571 bits per heavy atom. The molecule has 0 saturated heterocycles. The number of rotatable bonds is 1. The Hall–Kier alpha value is -2.80. The number of aromatic hydroxyl groups is 1. The zero-order chi connectivity index (χ0) is 14.2. The van der Waals surface area contributed by atoms with Crippen LogP contribution in [0.15, 0.2) is 78.9 Å². The van der Waals surface area contributed by atoms with Gasteiger partial charge in [-0.25, -0.2) is 0 Å². The average Bonchev–Trinajstić information content (AvgIpc) is 2.56. The van der Waals surface area contributed by atoms with Gasteiger partial charge in [-0.05, 0) is 28.0 Å². The third-order valence-corrected chi connectivity index (χ3v) is 3.96. The first-order valence-corrected chi connectivity index (χ1v) is 7.03. The Balaban J connectivity index is 2.15. The van der Waals surface area contributed by atoms with E-state index in [2.05, 4.69) is 24.3 Å². The van der Waals surface area contributed by atoms with Crippen LogP contribution in [0.5, 0.6) is 5.75 Å². The summed E-state index contributed by atoms with van der Waals surface area (Å²) < 4.78 is 0. The van der Waals surface area contributed by atoms with Gasteiger partial charge in [-0.3, -0.25) is 0 Å². The van der Waals surface area contributed by atoms with Crippen molar-refractivity contribution < 1.29 is 5.11 Å². The third kappa shape index (κ3) is 1.86. The number of fused-ring (bicyclic) bond motifs is 2. The lowest BCUT2D eigenvalue weighted by Gasteiger charge is -2.11. The summed E-state index contributed by atoms with van der Waals surface area (Å²) in [6, 6.07) is 26.5. The molecule has 0 heterocycles. The highest BCUT2D eigenvalue weighted by molar-refractivity contribution is 6.09. The predicted molar refractivity (Wildman–Crippen MR) is 88.6 cm³/mol. The quantitative estimate of drug-likeness (QED) is 0.461. The molecule has 0 aliphatic heterocycles. The van der Waals surface area contributed by atoms with Gasteiger partial charge >= 0.3 is 0 Å². The number of hydrogen-bond acceptors (Lipinski definition) is 1.